The Labute approximate surface area is 117 Å². The van der Waals surface area contributed by atoms with Crippen LogP contribution in [0.4, 0.5) is 5.69 Å². The molecule has 2 aromatic rings. The summed E-state index contributed by atoms with van der Waals surface area (Å²) in [6.45, 7) is 3.71. The molecule has 0 atom stereocenters. The number of phenolic OH excluding ortho intramolecular Hbond substituents is 1. The molecule has 0 bridgehead atoms. The Balaban J connectivity index is 2.23. The normalized spacial score (nSPS) is 10.9. The molecule has 2 rings (SSSR count). The monoisotopic (exact) mass is 269 g/mol. The maximum absolute atomic E-state index is 10.6. The van der Waals surface area contributed by atoms with Gasteiger partial charge in [-0.2, -0.15) is 0 Å². The first-order chi connectivity index (χ1) is 9.47. The van der Waals surface area contributed by atoms with E-state index in [9.17, 15) is 15.2 Å². The lowest BCUT2D eigenvalue weighted by molar-refractivity contribution is -0.384. The van der Waals surface area contributed by atoms with Gasteiger partial charge in [0.2, 0.25) is 0 Å². The van der Waals surface area contributed by atoms with Gasteiger partial charge in [0.25, 0.3) is 5.69 Å². The third-order valence-corrected chi connectivity index (χ3v) is 3.09. The lowest BCUT2D eigenvalue weighted by atomic mass is 10.0. The highest BCUT2D eigenvalue weighted by molar-refractivity contribution is 5.71. The summed E-state index contributed by atoms with van der Waals surface area (Å²) >= 11 is 0. The molecule has 0 saturated heterocycles. The Morgan fingerprint density at radius 1 is 1.00 bits per heavy atom. The molecule has 0 fully saturated rings. The Bertz CT molecular complexity index is 650. The number of nitrogens with zero attached hydrogens (tertiary/aromatic N) is 1. The topological polar surface area (TPSA) is 63.4 Å². The molecular formula is C16H15NO3. The summed E-state index contributed by atoms with van der Waals surface area (Å²) in [5, 5.41) is 20.3. The number of aryl methyl sites for hydroxylation is 2. The molecule has 0 aromatic heterocycles. The fourth-order valence-corrected chi connectivity index (χ4v) is 1.99. The van der Waals surface area contributed by atoms with Crippen molar-refractivity contribution in [1.82, 2.24) is 0 Å². The fourth-order valence-electron chi connectivity index (χ4n) is 1.99. The lowest BCUT2D eigenvalue weighted by Gasteiger charge is -2.04. The van der Waals surface area contributed by atoms with Crippen LogP contribution in [0.5, 0.6) is 5.75 Å². The SMILES string of the molecule is Cc1cc(C=Cc2ccc([N+](=O)[O-])cc2)cc(C)c1O. The average Bonchev–Trinajstić information content (AvgIpc) is 2.42. The van der Waals surface area contributed by atoms with E-state index in [0.717, 1.165) is 22.3 Å². The molecule has 0 saturated carbocycles. The number of nitro groups is 1. The quantitative estimate of drug-likeness (QED) is 0.518. The van der Waals surface area contributed by atoms with Crippen molar-refractivity contribution in [3.63, 3.8) is 0 Å². The minimum atomic E-state index is -0.416. The number of aromatic hydroxyl groups is 1. The minimum absolute atomic E-state index is 0.0819. The summed E-state index contributed by atoms with van der Waals surface area (Å²) in [5.41, 5.74) is 3.61. The number of benzene rings is 2. The van der Waals surface area contributed by atoms with Gasteiger partial charge in [-0.3, -0.25) is 10.1 Å². The van der Waals surface area contributed by atoms with Gasteiger partial charge in [0.1, 0.15) is 5.75 Å². The molecule has 20 heavy (non-hydrogen) atoms. The van der Waals surface area contributed by atoms with Crippen LogP contribution in [0.1, 0.15) is 22.3 Å². The number of nitro benzene ring substituents is 1. The second kappa shape index (κ2) is 5.57. The Kier molecular flexibility index (Phi) is 3.84. The molecule has 1 N–H and O–H groups in total. The first-order valence-corrected chi connectivity index (χ1v) is 6.20. The number of hydrogen-bond donors (Lipinski definition) is 1. The van der Waals surface area contributed by atoms with E-state index in [0.29, 0.717) is 5.75 Å². The third-order valence-electron chi connectivity index (χ3n) is 3.09. The number of non-ortho nitro benzene ring substituents is 1. The maximum atomic E-state index is 10.6. The fraction of sp³-hybridized carbons (Fsp3) is 0.125. The first kappa shape index (κ1) is 13.8. The van der Waals surface area contributed by atoms with Gasteiger partial charge in [0, 0.05) is 12.1 Å². The number of phenols is 1. The molecule has 102 valence electrons. The van der Waals surface area contributed by atoms with Crippen LogP contribution in [0.2, 0.25) is 0 Å². The van der Waals surface area contributed by atoms with Gasteiger partial charge in [-0.05, 0) is 60.4 Å². The second-order valence-electron chi connectivity index (χ2n) is 4.69. The molecule has 0 radical (unpaired) electrons. The van der Waals surface area contributed by atoms with Crippen LogP contribution in [0.3, 0.4) is 0 Å². The number of hydrogen-bond acceptors (Lipinski definition) is 3. The van der Waals surface area contributed by atoms with Gasteiger partial charge in [-0.1, -0.05) is 12.2 Å². The van der Waals surface area contributed by atoms with Gasteiger partial charge >= 0.3 is 0 Å². The van der Waals surface area contributed by atoms with Gasteiger partial charge in [0.05, 0.1) is 4.92 Å². The standard InChI is InChI=1S/C16H15NO3/c1-11-9-14(10-12(2)16(11)18)4-3-13-5-7-15(8-6-13)17(19)20/h3-10,18H,1-2H3. The molecule has 0 spiro atoms. The molecule has 0 heterocycles. The van der Waals surface area contributed by atoms with Gasteiger partial charge in [-0.15, -0.1) is 0 Å². The van der Waals surface area contributed by atoms with Crippen molar-refractivity contribution in [2.45, 2.75) is 13.8 Å². The van der Waals surface area contributed by atoms with Crippen LogP contribution >= 0.6 is 0 Å². The maximum Gasteiger partial charge on any atom is 0.269 e. The molecule has 0 unspecified atom stereocenters. The molecule has 0 aliphatic rings. The molecular weight excluding hydrogens is 254 g/mol. The smallest absolute Gasteiger partial charge is 0.269 e. The number of rotatable bonds is 3. The highest BCUT2D eigenvalue weighted by atomic mass is 16.6. The molecule has 4 heteroatoms. The Morgan fingerprint density at radius 3 is 2.00 bits per heavy atom. The van der Waals surface area contributed by atoms with Crippen LogP contribution in [-0.4, -0.2) is 10.0 Å². The van der Waals surface area contributed by atoms with Gasteiger partial charge in [-0.25, -0.2) is 0 Å². The van der Waals surface area contributed by atoms with Crippen LogP contribution in [-0.2, 0) is 0 Å². The first-order valence-electron chi connectivity index (χ1n) is 6.20. The van der Waals surface area contributed by atoms with Crippen molar-refractivity contribution in [2.24, 2.45) is 0 Å². The Morgan fingerprint density at radius 2 is 1.50 bits per heavy atom. The van der Waals surface area contributed by atoms with Gasteiger partial charge in [0.15, 0.2) is 0 Å². The minimum Gasteiger partial charge on any atom is -0.507 e. The summed E-state index contributed by atoms with van der Waals surface area (Å²) in [7, 11) is 0. The molecule has 0 amide bonds. The predicted molar refractivity (Wildman–Crippen MR) is 79.6 cm³/mol. The third kappa shape index (κ3) is 3.03. The summed E-state index contributed by atoms with van der Waals surface area (Å²) in [6.07, 6.45) is 3.80. The lowest BCUT2D eigenvalue weighted by Crippen LogP contribution is -1.86. The van der Waals surface area contributed by atoms with E-state index in [4.69, 9.17) is 0 Å². The zero-order valence-electron chi connectivity index (χ0n) is 11.3. The Hall–Kier alpha value is -2.62. The summed E-state index contributed by atoms with van der Waals surface area (Å²) in [5.74, 6) is 0.317. The van der Waals surface area contributed by atoms with Crippen molar-refractivity contribution < 1.29 is 10.0 Å². The van der Waals surface area contributed by atoms with E-state index < -0.39 is 4.92 Å². The van der Waals surface area contributed by atoms with Crippen molar-refractivity contribution in [3.8, 4) is 5.75 Å². The van der Waals surface area contributed by atoms with Crippen LogP contribution in [0, 0.1) is 24.0 Å². The van der Waals surface area contributed by atoms with E-state index in [1.165, 1.54) is 12.1 Å². The molecule has 0 aliphatic carbocycles. The van der Waals surface area contributed by atoms with Crippen molar-refractivity contribution in [2.75, 3.05) is 0 Å². The average molecular weight is 269 g/mol. The van der Waals surface area contributed by atoms with E-state index in [1.54, 1.807) is 12.1 Å². The molecule has 2 aromatic carbocycles. The van der Waals surface area contributed by atoms with E-state index in [1.807, 2.05) is 38.1 Å². The van der Waals surface area contributed by atoms with E-state index in [2.05, 4.69) is 0 Å². The van der Waals surface area contributed by atoms with Crippen LogP contribution in [0.25, 0.3) is 12.2 Å². The summed E-state index contributed by atoms with van der Waals surface area (Å²) < 4.78 is 0. The van der Waals surface area contributed by atoms with E-state index >= 15 is 0 Å². The summed E-state index contributed by atoms with van der Waals surface area (Å²) in [6, 6.07) is 10.2. The zero-order valence-corrected chi connectivity index (χ0v) is 11.3. The van der Waals surface area contributed by atoms with E-state index in [-0.39, 0.29) is 5.69 Å². The van der Waals surface area contributed by atoms with Crippen molar-refractivity contribution in [1.29, 1.82) is 0 Å². The second-order valence-corrected chi connectivity index (χ2v) is 4.69. The largest absolute Gasteiger partial charge is 0.507 e. The van der Waals surface area contributed by atoms with Crippen molar-refractivity contribution in [3.05, 3.63) is 68.8 Å². The highest BCUT2D eigenvalue weighted by Gasteiger charge is 2.03. The van der Waals surface area contributed by atoms with Crippen LogP contribution in [0.15, 0.2) is 36.4 Å². The molecule has 0 aliphatic heterocycles. The van der Waals surface area contributed by atoms with Gasteiger partial charge < -0.3 is 5.11 Å². The highest BCUT2D eigenvalue weighted by Crippen LogP contribution is 2.24. The predicted octanol–water partition coefficient (Wildman–Crippen LogP) is 4.09. The molecule has 4 nitrogen and oxygen atoms in total. The zero-order chi connectivity index (χ0) is 14.7. The summed E-state index contributed by atoms with van der Waals surface area (Å²) in [4.78, 5) is 10.1. The van der Waals surface area contributed by atoms with Crippen molar-refractivity contribution >= 4 is 17.8 Å². The van der Waals surface area contributed by atoms with Crippen LogP contribution < -0.4 is 0 Å².